The molecule has 2 saturated heterocycles. The number of primary amides is 1. The van der Waals surface area contributed by atoms with E-state index in [1.54, 1.807) is 23.1 Å². The number of nitrogens with one attached hydrogen (secondary N) is 2. The molecule has 11 heteroatoms. The summed E-state index contributed by atoms with van der Waals surface area (Å²) in [6, 6.07) is 3.93. The van der Waals surface area contributed by atoms with Gasteiger partial charge in [-0.05, 0) is 43.9 Å². The summed E-state index contributed by atoms with van der Waals surface area (Å²) in [5.41, 5.74) is 5.86. The lowest BCUT2D eigenvalue weighted by molar-refractivity contribution is -0.145. The Balaban J connectivity index is 1.47. The second-order valence-corrected chi connectivity index (χ2v) is 10.5. The average Bonchev–Trinajstić information content (AvgIpc) is 2.80. The molecule has 9 nitrogen and oxygen atoms in total. The number of hydrogen-bond acceptors (Lipinski definition) is 5. The van der Waals surface area contributed by atoms with Crippen LogP contribution in [0.1, 0.15) is 44.9 Å². The van der Waals surface area contributed by atoms with Gasteiger partial charge in [-0.1, -0.05) is 36.0 Å². The SMILES string of the molecule is NC(=O)C1CCN(C(=O)CN2[C@H](CC(=O)Nc3cc(Cl)cc(Cl)c3)C(=O)N[C@H]3CCCC[C@H]32)CC1. The highest BCUT2D eigenvalue weighted by Gasteiger charge is 2.44. The van der Waals surface area contributed by atoms with Gasteiger partial charge < -0.3 is 21.3 Å². The largest absolute Gasteiger partial charge is 0.369 e. The maximum Gasteiger partial charge on any atom is 0.238 e. The first-order chi connectivity index (χ1) is 16.7. The minimum atomic E-state index is -0.767. The zero-order valence-corrected chi connectivity index (χ0v) is 21.0. The van der Waals surface area contributed by atoms with Crippen molar-refractivity contribution in [1.29, 1.82) is 0 Å². The highest BCUT2D eigenvalue weighted by Crippen LogP contribution is 2.30. The first-order valence-corrected chi connectivity index (χ1v) is 12.9. The van der Waals surface area contributed by atoms with Gasteiger partial charge in [-0.2, -0.15) is 0 Å². The number of nitrogens with zero attached hydrogens (tertiary/aromatic N) is 2. The molecule has 35 heavy (non-hydrogen) atoms. The van der Waals surface area contributed by atoms with Gasteiger partial charge in [-0.15, -0.1) is 0 Å². The number of hydrogen-bond donors (Lipinski definition) is 3. The number of anilines is 1. The van der Waals surface area contributed by atoms with E-state index in [9.17, 15) is 19.2 Å². The summed E-state index contributed by atoms with van der Waals surface area (Å²) < 4.78 is 0. The highest BCUT2D eigenvalue weighted by molar-refractivity contribution is 6.35. The number of likely N-dealkylation sites (tertiary alicyclic amines) is 1. The Hall–Kier alpha value is -2.36. The number of halogens is 2. The van der Waals surface area contributed by atoms with Crippen molar-refractivity contribution in [2.24, 2.45) is 11.7 Å². The summed E-state index contributed by atoms with van der Waals surface area (Å²) in [4.78, 5) is 54.3. The van der Waals surface area contributed by atoms with E-state index in [4.69, 9.17) is 28.9 Å². The monoisotopic (exact) mass is 523 g/mol. The number of fused-ring (bicyclic) bond motifs is 1. The molecule has 0 bridgehead atoms. The molecule has 4 N–H and O–H groups in total. The Morgan fingerprint density at radius 1 is 1.03 bits per heavy atom. The minimum Gasteiger partial charge on any atom is -0.369 e. The van der Waals surface area contributed by atoms with E-state index >= 15 is 0 Å². The molecule has 1 aliphatic carbocycles. The fourth-order valence-corrected chi connectivity index (χ4v) is 5.98. The van der Waals surface area contributed by atoms with Crippen molar-refractivity contribution in [2.75, 3.05) is 25.0 Å². The van der Waals surface area contributed by atoms with E-state index in [2.05, 4.69) is 10.6 Å². The van der Waals surface area contributed by atoms with Crippen molar-refractivity contribution in [3.63, 3.8) is 0 Å². The van der Waals surface area contributed by atoms with E-state index in [1.165, 1.54) is 0 Å². The second-order valence-electron chi connectivity index (χ2n) is 9.62. The van der Waals surface area contributed by atoms with E-state index in [1.807, 2.05) is 4.90 Å². The van der Waals surface area contributed by atoms with Crippen LogP contribution < -0.4 is 16.4 Å². The molecule has 4 rings (SSSR count). The molecule has 3 atom stereocenters. The van der Waals surface area contributed by atoms with Crippen molar-refractivity contribution >= 4 is 52.5 Å². The first-order valence-electron chi connectivity index (χ1n) is 12.1. The summed E-state index contributed by atoms with van der Waals surface area (Å²) >= 11 is 12.1. The third-order valence-electron chi connectivity index (χ3n) is 7.28. The van der Waals surface area contributed by atoms with Crippen LogP contribution in [-0.4, -0.2) is 71.2 Å². The van der Waals surface area contributed by atoms with Crippen LogP contribution in [0.5, 0.6) is 0 Å². The third kappa shape index (κ3) is 6.26. The van der Waals surface area contributed by atoms with Crippen LogP contribution >= 0.6 is 23.2 Å². The maximum atomic E-state index is 13.2. The van der Waals surface area contributed by atoms with Crippen molar-refractivity contribution in [3.05, 3.63) is 28.2 Å². The zero-order valence-electron chi connectivity index (χ0n) is 19.5. The predicted molar refractivity (Wildman–Crippen MR) is 133 cm³/mol. The molecule has 1 saturated carbocycles. The zero-order chi connectivity index (χ0) is 25.1. The van der Waals surface area contributed by atoms with Crippen LogP contribution in [-0.2, 0) is 19.2 Å². The third-order valence-corrected chi connectivity index (χ3v) is 7.72. The van der Waals surface area contributed by atoms with Crippen LogP contribution in [0, 0.1) is 5.92 Å². The molecular weight excluding hydrogens is 493 g/mol. The fourth-order valence-electron chi connectivity index (χ4n) is 5.46. The summed E-state index contributed by atoms with van der Waals surface area (Å²) in [5.74, 6) is -1.25. The lowest BCUT2D eigenvalue weighted by atomic mass is 9.85. The molecule has 190 valence electrons. The predicted octanol–water partition coefficient (Wildman–Crippen LogP) is 2.16. The molecule has 0 aromatic heterocycles. The van der Waals surface area contributed by atoms with E-state index < -0.39 is 6.04 Å². The molecule has 3 fully saturated rings. The van der Waals surface area contributed by atoms with Gasteiger partial charge >= 0.3 is 0 Å². The molecule has 4 amide bonds. The average molecular weight is 524 g/mol. The number of carbonyl (C=O) groups excluding carboxylic acids is 4. The van der Waals surface area contributed by atoms with Gasteiger partial charge in [0.2, 0.25) is 23.6 Å². The summed E-state index contributed by atoms with van der Waals surface area (Å²) in [5, 5.41) is 6.62. The molecule has 1 aromatic rings. The van der Waals surface area contributed by atoms with Gasteiger partial charge in [0.25, 0.3) is 0 Å². The lowest BCUT2D eigenvalue weighted by Gasteiger charge is -2.48. The molecule has 2 aliphatic heterocycles. The smallest absolute Gasteiger partial charge is 0.238 e. The second kappa shape index (κ2) is 11.1. The molecule has 0 radical (unpaired) electrons. The number of benzene rings is 1. The van der Waals surface area contributed by atoms with Gasteiger partial charge in [0, 0.05) is 46.8 Å². The van der Waals surface area contributed by atoms with Gasteiger partial charge in [0.05, 0.1) is 19.0 Å². The van der Waals surface area contributed by atoms with Crippen molar-refractivity contribution in [2.45, 2.75) is 63.1 Å². The van der Waals surface area contributed by atoms with Crippen molar-refractivity contribution in [3.8, 4) is 0 Å². The number of amides is 4. The summed E-state index contributed by atoms with van der Waals surface area (Å²) in [6.07, 6.45) is 4.71. The van der Waals surface area contributed by atoms with Gasteiger partial charge in [-0.3, -0.25) is 24.1 Å². The van der Waals surface area contributed by atoms with Gasteiger partial charge in [-0.25, -0.2) is 0 Å². The molecular formula is C24H31Cl2N5O4. The van der Waals surface area contributed by atoms with Crippen LogP contribution in [0.25, 0.3) is 0 Å². The lowest BCUT2D eigenvalue weighted by Crippen LogP contribution is -2.68. The van der Waals surface area contributed by atoms with E-state index in [0.29, 0.717) is 41.7 Å². The fraction of sp³-hybridized carbons (Fsp3) is 0.583. The number of nitrogens with two attached hydrogens (primary N) is 1. The van der Waals surface area contributed by atoms with Crippen LogP contribution in [0.3, 0.4) is 0 Å². The van der Waals surface area contributed by atoms with Crippen LogP contribution in [0.2, 0.25) is 10.0 Å². The normalized spacial score (nSPS) is 25.5. The quantitative estimate of drug-likeness (QED) is 0.526. The van der Waals surface area contributed by atoms with Crippen molar-refractivity contribution < 1.29 is 19.2 Å². The molecule has 3 aliphatic rings. The summed E-state index contributed by atoms with van der Waals surface area (Å²) in [7, 11) is 0. The molecule has 1 aromatic carbocycles. The Kier molecular flexibility index (Phi) is 8.19. The minimum absolute atomic E-state index is 0.00743. The number of rotatable bonds is 6. The molecule has 2 heterocycles. The first kappa shape index (κ1) is 25.7. The van der Waals surface area contributed by atoms with Gasteiger partial charge in [0.1, 0.15) is 0 Å². The van der Waals surface area contributed by atoms with Crippen LogP contribution in [0.15, 0.2) is 18.2 Å². The topological polar surface area (TPSA) is 125 Å². The van der Waals surface area contributed by atoms with Crippen LogP contribution in [0.4, 0.5) is 5.69 Å². The highest BCUT2D eigenvalue weighted by atomic mass is 35.5. The Morgan fingerprint density at radius 2 is 1.69 bits per heavy atom. The Bertz CT molecular complexity index is 978. The molecule has 0 unspecified atom stereocenters. The van der Waals surface area contributed by atoms with Crippen molar-refractivity contribution in [1.82, 2.24) is 15.1 Å². The number of carbonyl (C=O) groups is 4. The Morgan fingerprint density at radius 3 is 2.34 bits per heavy atom. The van der Waals surface area contributed by atoms with E-state index in [0.717, 1.165) is 25.7 Å². The van der Waals surface area contributed by atoms with E-state index in [-0.39, 0.29) is 54.6 Å². The number of piperazine rings is 1. The Labute approximate surface area is 214 Å². The maximum absolute atomic E-state index is 13.2. The standard InChI is InChI=1S/C24H31Cl2N5O4/c25-15-9-16(26)11-17(10-15)28-21(32)12-20-24(35)29-18-3-1-2-4-19(18)31(20)13-22(33)30-7-5-14(6-8-30)23(27)34/h9-11,14,18-20H,1-8,12-13H2,(H2,27,34)(H,28,32)(H,29,35)/t18-,19+,20+/m0/s1. The summed E-state index contributed by atoms with van der Waals surface area (Å²) in [6.45, 7) is 0.971. The van der Waals surface area contributed by atoms with Gasteiger partial charge in [0.15, 0.2) is 0 Å². The number of piperidine rings is 1. The molecule has 0 spiro atoms.